The van der Waals surface area contributed by atoms with Crippen LogP contribution < -0.4 is 10.2 Å². The van der Waals surface area contributed by atoms with Gasteiger partial charge in [-0.1, -0.05) is 6.07 Å². The molecular weight excluding hydrogens is 130 g/mol. The predicted molar refractivity (Wildman–Crippen MR) is 38.3 cm³/mol. The number of hydrogen-bond donors (Lipinski definition) is 0. The van der Waals surface area contributed by atoms with Gasteiger partial charge in [0.15, 0.2) is 0 Å². The summed E-state index contributed by atoms with van der Waals surface area (Å²) in [4.78, 5) is 0. The van der Waals surface area contributed by atoms with E-state index in [4.69, 9.17) is 12.6 Å². The summed E-state index contributed by atoms with van der Waals surface area (Å²) in [7, 11) is 6.74. The summed E-state index contributed by atoms with van der Waals surface area (Å²) in [6.45, 7) is 0. The molecule has 0 amide bonds. The molecule has 1 nitrogen and oxygen atoms in total. The quantitative estimate of drug-likeness (QED) is 0.514. The summed E-state index contributed by atoms with van der Waals surface area (Å²) in [5.74, 6) is -0.0700. The molecule has 0 saturated heterocycles. The molecular formula is C7H6BFO. The minimum absolute atomic E-state index is 0.0602. The van der Waals surface area contributed by atoms with Gasteiger partial charge in [-0.15, -0.1) is 0 Å². The van der Waals surface area contributed by atoms with E-state index >= 15 is 0 Å². The standard InChI is InChI=1S/C7H6BFO/c1-10-6-4-2-3-5(9)7(6)8/h2-4H,1H3. The Morgan fingerprint density at radius 2 is 2.20 bits per heavy atom. The van der Waals surface area contributed by atoms with E-state index in [0.717, 1.165) is 0 Å². The maximum absolute atomic E-state index is 12.6. The van der Waals surface area contributed by atoms with Crippen LogP contribution in [-0.2, 0) is 0 Å². The summed E-state index contributed by atoms with van der Waals surface area (Å²) < 4.78 is 17.3. The largest absolute Gasteiger partial charge is 0.497 e. The second-order valence-electron chi connectivity index (χ2n) is 1.86. The summed E-state index contributed by atoms with van der Waals surface area (Å²) in [6.07, 6.45) is 0. The van der Waals surface area contributed by atoms with Crippen molar-refractivity contribution in [2.24, 2.45) is 0 Å². The molecule has 1 aromatic carbocycles. The number of benzene rings is 1. The van der Waals surface area contributed by atoms with Crippen LogP contribution >= 0.6 is 0 Å². The summed E-state index contributed by atoms with van der Waals surface area (Å²) in [6, 6.07) is 4.45. The zero-order valence-corrected chi connectivity index (χ0v) is 5.60. The van der Waals surface area contributed by atoms with Gasteiger partial charge in [0.05, 0.1) is 7.11 Å². The monoisotopic (exact) mass is 136 g/mol. The molecule has 2 radical (unpaired) electrons. The van der Waals surface area contributed by atoms with E-state index in [2.05, 4.69) is 0 Å². The molecule has 0 heterocycles. The SMILES string of the molecule is [B]c1c(F)cccc1OC. The van der Waals surface area contributed by atoms with E-state index in [1.54, 1.807) is 12.1 Å². The van der Waals surface area contributed by atoms with E-state index in [9.17, 15) is 4.39 Å². The molecule has 1 rings (SSSR count). The van der Waals surface area contributed by atoms with Crippen molar-refractivity contribution in [3.05, 3.63) is 24.0 Å². The number of rotatable bonds is 1. The first-order chi connectivity index (χ1) is 4.75. The van der Waals surface area contributed by atoms with Crippen molar-refractivity contribution in [2.75, 3.05) is 7.11 Å². The molecule has 1 aromatic rings. The maximum Gasteiger partial charge on any atom is 0.123 e. The minimum atomic E-state index is -0.445. The molecule has 3 heteroatoms. The normalized spacial score (nSPS) is 9.40. The van der Waals surface area contributed by atoms with Gasteiger partial charge in [-0.3, -0.25) is 0 Å². The van der Waals surface area contributed by atoms with Crippen molar-refractivity contribution < 1.29 is 9.13 Å². The van der Waals surface area contributed by atoms with Crippen LogP contribution in [0.3, 0.4) is 0 Å². The Morgan fingerprint density at radius 3 is 2.70 bits per heavy atom. The van der Waals surface area contributed by atoms with E-state index in [1.165, 1.54) is 13.2 Å². The highest BCUT2D eigenvalue weighted by Crippen LogP contribution is 2.06. The molecule has 0 N–H and O–H groups in total. The van der Waals surface area contributed by atoms with E-state index in [-0.39, 0.29) is 5.46 Å². The summed E-state index contributed by atoms with van der Waals surface area (Å²) in [5, 5.41) is 0. The zero-order valence-electron chi connectivity index (χ0n) is 5.60. The molecule has 0 spiro atoms. The molecule has 10 heavy (non-hydrogen) atoms. The number of methoxy groups -OCH3 is 1. The first kappa shape index (κ1) is 7.13. The van der Waals surface area contributed by atoms with Gasteiger partial charge in [0.1, 0.15) is 19.4 Å². The van der Waals surface area contributed by atoms with Gasteiger partial charge < -0.3 is 4.74 Å². The average molecular weight is 136 g/mol. The van der Waals surface area contributed by atoms with Crippen LogP contribution in [0.5, 0.6) is 5.75 Å². The molecule has 0 aromatic heterocycles. The number of hydrogen-bond acceptors (Lipinski definition) is 1. The molecule has 0 aliphatic heterocycles. The lowest BCUT2D eigenvalue weighted by atomic mass is 9.94. The topological polar surface area (TPSA) is 9.23 Å². The van der Waals surface area contributed by atoms with Crippen molar-refractivity contribution in [2.45, 2.75) is 0 Å². The highest BCUT2D eigenvalue weighted by atomic mass is 19.1. The van der Waals surface area contributed by atoms with Crippen LogP contribution in [-0.4, -0.2) is 15.0 Å². The molecule has 0 aliphatic rings. The summed E-state index contributed by atoms with van der Waals surface area (Å²) in [5.41, 5.74) is 0.0602. The van der Waals surface area contributed by atoms with Crippen molar-refractivity contribution in [1.82, 2.24) is 0 Å². The lowest BCUT2D eigenvalue weighted by Gasteiger charge is -2.03. The van der Waals surface area contributed by atoms with Gasteiger partial charge in [-0.05, 0) is 17.6 Å². The smallest absolute Gasteiger partial charge is 0.123 e. The molecule has 0 atom stereocenters. The maximum atomic E-state index is 12.6. The number of ether oxygens (including phenoxy) is 1. The van der Waals surface area contributed by atoms with Crippen LogP contribution in [0, 0.1) is 5.82 Å². The van der Waals surface area contributed by atoms with Crippen molar-refractivity contribution in [3.8, 4) is 5.75 Å². The average Bonchev–Trinajstić information content (AvgIpc) is 1.95. The molecule has 50 valence electrons. The Labute approximate surface area is 60.2 Å². The van der Waals surface area contributed by atoms with Crippen LogP contribution in [0.1, 0.15) is 0 Å². The highest BCUT2D eigenvalue weighted by Gasteiger charge is 2.00. The van der Waals surface area contributed by atoms with Gasteiger partial charge >= 0.3 is 0 Å². The van der Waals surface area contributed by atoms with E-state index in [1.807, 2.05) is 0 Å². The fourth-order valence-corrected chi connectivity index (χ4v) is 0.695. The highest BCUT2D eigenvalue weighted by molar-refractivity contribution is 6.34. The van der Waals surface area contributed by atoms with Crippen LogP contribution in [0.2, 0.25) is 0 Å². The van der Waals surface area contributed by atoms with Gasteiger partial charge in [0, 0.05) is 0 Å². The zero-order chi connectivity index (χ0) is 7.56. The Morgan fingerprint density at radius 1 is 1.50 bits per heavy atom. The third-order valence-corrected chi connectivity index (χ3v) is 1.23. The second kappa shape index (κ2) is 2.73. The van der Waals surface area contributed by atoms with Gasteiger partial charge in [-0.2, -0.15) is 0 Å². The van der Waals surface area contributed by atoms with Gasteiger partial charge in [-0.25, -0.2) is 4.39 Å². The summed E-state index contributed by atoms with van der Waals surface area (Å²) >= 11 is 0. The molecule has 0 saturated carbocycles. The van der Waals surface area contributed by atoms with Crippen molar-refractivity contribution >= 4 is 13.3 Å². The van der Waals surface area contributed by atoms with E-state index < -0.39 is 5.82 Å². The van der Waals surface area contributed by atoms with Crippen LogP contribution in [0.4, 0.5) is 4.39 Å². The Kier molecular flexibility index (Phi) is 1.95. The van der Waals surface area contributed by atoms with Gasteiger partial charge in [0.25, 0.3) is 0 Å². The molecule has 0 bridgehead atoms. The molecule has 0 unspecified atom stereocenters. The lowest BCUT2D eigenvalue weighted by molar-refractivity contribution is 0.415. The Bertz CT molecular complexity index is 237. The third kappa shape index (κ3) is 1.13. The Balaban J connectivity index is 3.14. The fraction of sp³-hybridized carbons (Fsp3) is 0.143. The van der Waals surface area contributed by atoms with E-state index in [0.29, 0.717) is 5.75 Å². The van der Waals surface area contributed by atoms with Crippen LogP contribution in [0.25, 0.3) is 0 Å². The van der Waals surface area contributed by atoms with Crippen molar-refractivity contribution in [1.29, 1.82) is 0 Å². The van der Waals surface area contributed by atoms with Crippen molar-refractivity contribution in [3.63, 3.8) is 0 Å². The predicted octanol–water partition coefficient (Wildman–Crippen LogP) is 0.628. The lowest BCUT2D eigenvalue weighted by Crippen LogP contribution is -2.11. The first-order valence-electron chi connectivity index (χ1n) is 2.83. The Hall–Kier alpha value is -0.985. The minimum Gasteiger partial charge on any atom is -0.497 e. The molecule has 0 fully saturated rings. The fourth-order valence-electron chi connectivity index (χ4n) is 0.695. The number of halogens is 1. The second-order valence-corrected chi connectivity index (χ2v) is 1.86. The third-order valence-electron chi connectivity index (χ3n) is 1.23. The van der Waals surface area contributed by atoms with Crippen LogP contribution in [0.15, 0.2) is 18.2 Å². The molecule has 0 aliphatic carbocycles. The van der Waals surface area contributed by atoms with Gasteiger partial charge in [0.2, 0.25) is 0 Å². The first-order valence-corrected chi connectivity index (χ1v) is 2.83.